The second kappa shape index (κ2) is 9.75. The fourth-order valence-corrected chi connectivity index (χ4v) is 3.68. The molecule has 0 radical (unpaired) electrons. The van der Waals surface area contributed by atoms with Crippen molar-refractivity contribution in [2.75, 3.05) is 33.9 Å². The van der Waals surface area contributed by atoms with E-state index in [9.17, 15) is 0 Å². The molecule has 1 aliphatic carbocycles. The molecule has 1 aliphatic rings. The van der Waals surface area contributed by atoms with Crippen molar-refractivity contribution in [3.8, 4) is 0 Å². The third-order valence-electron chi connectivity index (χ3n) is 4.94. The van der Waals surface area contributed by atoms with Gasteiger partial charge in [0.1, 0.15) is 0 Å². The van der Waals surface area contributed by atoms with Gasteiger partial charge in [-0.15, -0.1) is 0 Å². The third-order valence-corrected chi connectivity index (χ3v) is 4.94. The van der Waals surface area contributed by atoms with Gasteiger partial charge in [0.15, 0.2) is 0 Å². The molecule has 1 fully saturated rings. The van der Waals surface area contributed by atoms with Gasteiger partial charge in [-0.25, -0.2) is 0 Å². The van der Waals surface area contributed by atoms with Crippen LogP contribution in [-0.4, -0.2) is 50.8 Å². The van der Waals surface area contributed by atoms with Crippen LogP contribution in [0.4, 0.5) is 0 Å². The number of nitrogens with zero attached hydrogens (tertiary/aromatic N) is 1. The minimum absolute atomic E-state index is 0.606. The number of hydrogen-bond acceptors (Lipinski definition) is 3. The second-order valence-electron chi connectivity index (χ2n) is 6.70. The van der Waals surface area contributed by atoms with Crippen LogP contribution in [0.25, 0.3) is 0 Å². The summed E-state index contributed by atoms with van der Waals surface area (Å²) in [6.45, 7) is 10.0. The quantitative estimate of drug-likeness (QED) is 0.704. The molecule has 0 bridgehead atoms. The molecule has 0 spiro atoms. The Hall–Kier alpha value is -0.120. The van der Waals surface area contributed by atoms with Crippen LogP contribution < -0.4 is 5.32 Å². The Morgan fingerprint density at radius 2 is 2.05 bits per heavy atom. The lowest BCUT2D eigenvalue weighted by Gasteiger charge is -2.40. The normalized spacial score (nSPS) is 27.4. The van der Waals surface area contributed by atoms with Gasteiger partial charge in [0.2, 0.25) is 0 Å². The van der Waals surface area contributed by atoms with Crippen molar-refractivity contribution in [3.05, 3.63) is 0 Å². The largest absolute Gasteiger partial charge is 0.383 e. The highest BCUT2D eigenvalue weighted by Gasteiger charge is 2.30. The first kappa shape index (κ1) is 17.9. The summed E-state index contributed by atoms with van der Waals surface area (Å²) in [6, 6.07) is 1.31. The van der Waals surface area contributed by atoms with Crippen molar-refractivity contribution in [1.29, 1.82) is 0 Å². The molecule has 0 amide bonds. The Bertz CT molecular complexity index is 245. The van der Waals surface area contributed by atoms with Gasteiger partial charge in [-0.3, -0.25) is 4.90 Å². The van der Waals surface area contributed by atoms with Crippen molar-refractivity contribution in [2.24, 2.45) is 11.8 Å². The average molecular weight is 284 g/mol. The van der Waals surface area contributed by atoms with E-state index in [0.29, 0.717) is 12.1 Å². The molecule has 1 saturated carbocycles. The number of hydrogen-bond donors (Lipinski definition) is 1. The third kappa shape index (κ3) is 5.71. The van der Waals surface area contributed by atoms with E-state index in [1.54, 1.807) is 7.11 Å². The molecular weight excluding hydrogens is 248 g/mol. The maximum absolute atomic E-state index is 5.27. The topological polar surface area (TPSA) is 24.5 Å². The Morgan fingerprint density at radius 1 is 1.30 bits per heavy atom. The van der Waals surface area contributed by atoms with E-state index in [4.69, 9.17) is 4.74 Å². The Morgan fingerprint density at radius 3 is 2.60 bits per heavy atom. The van der Waals surface area contributed by atoms with Gasteiger partial charge in [0, 0.05) is 32.3 Å². The lowest BCUT2D eigenvalue weighted by atomic mass is 9.76. The molecule has 1 N–H and O–H groups in total. The minimum Gasteiger partial charge on any atom is -0.383 e. The van der Waals surface area contributed by atoms with Crippen LogP contribution in [0.1, 0.15) is 52.9 Å². The zero-order valence-electron chi connectivity index (χ0n) is 14.3. The van der Waals surface area contributed by atoms with Crippen molar-refractivity contribution >= 4 is 0 Å². The van der Waals surface area contributed by atoms with Gasteiger partial charge in [-0.05, 0) is 52.0 Å². The molecule has 3 atom stereocenters. The van der Waals surface area contributed by atoms with Gasteiger partial charge in [0.25, 0.3) is 0 Å². The summed E-state index contributed by atoms with van der Waals surface area (Å²) < 4.78 is 5.27. The molecule has 0 aliphatic heterocycles. The van der Waals surface area contributed by atoms with Crippen molar-refractivity contribution in [1.82, 2.24) is 10.2 Å². The van der Waals surface area contributed by atoms with E-state index < -0.39 is 0 Å². The van der Waals surface area contributed by atoms with E-state index in [0.717, 1.165) is 25.0 Å². The lowest BCUT2D eigenvalue weighted by molar-refractivity contribution is 0.0887. The van der Waals surface area contributed by atoms with Crippen LogP contribution in [0.2, 0.25) is 0 Å². The molecule has 0 aromatic carbocycles. The number of rotatable bonds is 9. The first-order valence-electron chi connectivity index (χ1n) is 8.52. The summed E-state index contributed by atoms with van der Waals surface area (Å²) in [6.07, 6.45) is 6.90. The Kier molecular flexibility index (Phi) is 8.74. The number of ether oxygens (including phenoxy) is 1. The minimum atomic E-state index is 0.606. The van der Waals surface area contributed by atoms with E-state index in [-0.39, 0.29) is 0 Å². The molecule has 0 aromatic heterocycles. The van der Waals surface area contributed by atoms with E-state index >= 15 is 0 Å². The molecule has 3 unspecified atom stereocenters. The molecule has 3 heteroatoms. The van der Waals surface area contributed by atoms with Crippen LogP contribution in [-0.2, 0) is 4.74 Å². The van der Waals surface area contributed by atoms with Gasteiger partial charge in [-0.1, -0.05) is 19.8 Å². The Labute approximate surface area is 126 Å². The molecule has 0 saturated heterocycles. The summed E-state index contributed by atoms with van der Waals surface area (Å²) in [5, 5.41) is 3.56. The molecule has 0 heterocycles. The SMILES string of the molecule is CCCC1CCC(NC)C(CN(CCOC)C(C)C)C1. The van der Waals surface area contributed by atoms with Gasteiger partial charge >= 0.3 is 0 Å². The van der Waals surface area contributed by atoms with E-state index in [2.05, 4.69) is 38.0 Å². The molecule has 120 valence electrons. The summed E-state index contributed by atoms with van der Waals surface area (Å²) in [5.41, 5.74) is 0. The highest BCUT2D eigenvalue weighted by molar-refractivity contribution is 4.86. The van der Waals surface area contributed by atoms with Crippen LogP contribution in [0.15, 0.2) is 0 Å². The standard InChI is InChI=1S/C17H36N2O/c1-6-7-15-8-9-17(18-4)16(12-15)13-19(14(2)3)10-11-20-5/h14-18H,6-13H2,1-5H3. The predicted molar refractivity (Wildman–Crippen MR) is 87.2 cm³/mol. The molecule has 0 aromatic rings. The number of methoxy groups -OCH3 is 1. The van der Waals surface area contributed by atoms with Gasteiger partial charge < -0.3 is 10.1 Å². The zero-order valence-corrected chi connectivity index (χ0v) is 14.3. The molecule has 20 heavy (non-hydrogen) atoms. The van der Waals surface area contributed by atoms with Crippen molar-refractivity contribution in [3.63, 3.8) is 0 Å². The predicted octanol–water partition coefficient (Wildman–Crippen LogP) is 3.15. The van der Waals surface area contributed by atoms with Crippen LogP contribution in [0.3, 0.4) is 0 Å². The van der Waals surface area contributed by atoms with Crippen LogP contribution >= 0.6 is 0 Å². The monoisotopic (exact) mass is 284 g/mol. The first-order chi connectivity index (χ1) is 9.62. The van der Waals surface area contributed by atoms with Crippen LogP contribution in [0.5, 0.6) is 0 Å². The zero-order chi connectivity index (χ0) is 15.0. The summed E-state index contributed by atoms with van der Waals surface area (Å²) in [5.74, 6) is 1.75. The van der Waals surface area contributed by atoms with Crippen LogP contribution in [0, 0.1) is 11.8 Å². The van der Waals surface area contributed by atoms with Gasteiger partial charge in [0.05, 0.1) is 6.61 Å². The summed E-state index contributed by atoms with van der Waals surface area (Å²) in [4.78, 5) is 2.59. The average Bonchev–Trinajstić information content (AvgIpc) is 2.43. The van der Waals surface area contributed by atoms with E-state index in [1.165, 1.54) is 38.6 Å². The molecular formula is C17H36N2O. The maximum atomic E-state index is 5.27. The van der Waals surface area contributed by atoms with Crippen molar-refractivity contribution < 1.29 is 4.74 Å². The van der Waals surface area contributed by atoms with E-state index in [1.807, 2.05) is 0 Å². The maximum Gasteiger partial charge on any atom is 0.0589 e. The molecule has 3 nitrogen and oxygen atoms in total. The second-order valence-corrected chi connectivity index (χ2v) is 6.70. The molecule has 1 rings (SSSR count). The fourth-order valence-electron chi connectivity index (χ4n) is 3.68. The Balaban J connectivity index is 2.57. The lowest BCUT2D eigenvalue weighted by Crippen LogP contribution is -2.47. The highest BCUT2D eigenvalue weighted by Crippen LogP contribution is 2.32. The first-order valence-corrected chi connectivity index (χ1v) is 8.52. The van der Waals surface area contributed by atoms with Gasteiger partial charge in [-0.2, -0.15) is 0 Å². The smallest absolute Gasteiger partial charge is 0.0589 e. The highest BCUT2D eigenvalue weighted by atomic mass is 16.5. The summed E-state index contributed by atoms with van der Waals surface area (Å²) >= 11 is 0. The van der Waals surface area contributed by atoms with Crippen molar-refractivity contribution in [2.45, 2.75) is 65.0 Å². The number of nitrogens with one attached hydrogen (secondary N) is 1. The fraction of sp³-hybridized carbons (Fsp3) is 1.00. The summed E-state index contributed by atoms with van der Waals surface area (Å²) in [7, 11) is 3.93.